The average Bonchev–Trinajstić information content (AvgIpc) is 2.77. The third-order valence-corrected chi connectivity index (χ3v) is 5.56. The van der Waals surface area contributed by atoms with Gasteiger partial charge >= 0.3 is 0 Å². The number of pyridine rings is 2. The molecule has 2 N–H and O–H groups in total. The zero-order valence-electron chi connectivity index (χ0n) is 14.0. The second-order valence-electron chi connectivity index (χ2n) is 7.07. The van der Waals surface area contributed by atoms with Crippen LogP contribution in [0, 0.1) is 6.92 Å². The van der Waals surface area contributed by atoms with Gasteiger partial charge in [0.25, 0.3) is 5.91 Å². The smallest absolute Gasteiger partial charge is 0.256 e. The summed E-state index contributed by atoms with van der Waals surface area (Å²) >= 11 is 0. The molecule has 2 fully saturated rings. The number of carbonyl (C=O) groups excluding carboxylic acids is 1. The zero-order chi connectivity index (χ0) is 16.8. The lowest BCUT2D eigenvalue weighted by Gasteiger charge is -2.36. The number of aryl methyl sites for hydroxylation is 1. The molecule has 0 saturated carbocycles. The molecule has 24 heavy (non-hydrogen) atoms. The molecule has 4 heterocycles. The second kappa shape index (κ2) is 5.70. The summed E-state index contributed by atoms with van der Waals surface area (Å²) in [7, 11) is 2.17. The summed E-state index contributed by atoms with van der Waals surface area (Å²) in [5, 5.41) is 3.52. The Labute approximate surface area is 140 Å². The molecule has 2 bridgehead atoms. The largest absolute Gasteiger partial charge is 0.349 e. The predicted octanol–water partition coefficient (Wildman–Crippen LogP) is 1.59. The molecule has 2 atom stereocenters. The summed E-state index contributed by atoms with van der Waals surface area (Å²) in [4.78, 5) is 34.9. The fourth-order valence-corrected chi connectivity index (χ4v) is 4.16. The van der Waals surface area contributed by atoms with Crippen molar-refractivity contribution in [1.29, 1.82) is 0 Å². The SMILES string of the molecule is Cc1ccc2c(=O)c(C(=O)NC3CC4CCC(C3)N4C)c[nH]c2n1. The highest BCUT2D eigenvalue weighted by Crippen LogP contribution is 2.34. The van der Waals surface area contributed by atoms with Crippen LogP contribution in [0.2, 0.25) is 0 Å². The maximum Gasteiger partial charge on any atom is 0.256 e. The van der Waals surface area contributed by atoms with E-state index in [1.54, 1.807) is 12.1 Å². The van der Waals surface area contributed by atoms with Gasteiger partial charge in [-0.1, -0.05) is 0 Å². The average molecular weight is 326 g/mol. The van der Waals surface area contributed by atoms with E-state index < -0.39 is 0 Å². The Morgan fingerprint density at radius 2 is 2.00 bits per heavy atom. The van der Waals surface area contributed by atoms with Crippen LogP contribution in [0.5, 0.6) is 0 Å². The molecule has 4 rings (SSSR count). The molecule has 2 unspecified atom stereocenters. The lowest BCUT2D eigenvalue weighted by atomic mass is 9.97. The summed E-state index contributed by atoms with van der Waals surface area (Å²) in [6, 6.07) is 4.77. The van der Waals surface area contributed by atoms with Gasteiger partial charge in [0.05, 0.1) is 5.39 Å². The molecule has 2 aromatic rings. The van der Waals surface area contributed by atoms with Gasteiger partial charge in [0, 0.05) is 30.0 Å². The van der Waals surface area contributed by atoms with Crippen LogP contribution < -0.4 is 10.7 Å². The minimum absolute atomic E-state index is 0.150. The van der Waals surface area contributed by atoms with Crippen LogP contribution in [0.4, 0.5) is 0 Å². The van der Waals surface area contributed by atoms with E-state index in [-0.39, 0.29) is 22.9 Å². The summed E-state index contributed by atoms with van der Waals surface area (Å²) in [5.41, 5.74) is 1.26. The summed E-state index contributed by atoms with van der Waals surface area (Å²) in [6.07, 6.45) is 5.82. The highest BCUT2D eigenvalue weighted by Gasteiger charge is 2.39. The number of H-pyrrole nitrogens is 1. The number of aromatic nitrogens is 2. The normalized spacial score (nSPS) is 26.7. The van der Waals surface area contributed by atoms with Crippen LogP contribution in [0.25, 0.3) is 11.0 Å². The van der Waals surface area contributed by atoms with Crippen LogP contribution >= 0.6 is 0 Å². The monoisotopic (exact) mass is 326 g/mol. The highest BCUT2D eigenvalue weighted by atomic mass is 16.2. The number of amides is 1. The first-order valence-corrected chi connectivity index (χ1v) is 8.55. The molecule has 1 amide bonds. The molecule has 126 valence electrons. The van der Waals surface area contributed by atoms with E-state index in [9.17, 15) is 9.59 Å². The third kappa shape index (κ3) is 2.51. The molecular weight excluding hydrogens is 304 g/mol. The van der Waals surface area contributed by atoms with Gasteiger partial charge in [-0.25, -0.2) is 4.98 Å². The van der Waals surface area contributed by atoms with Crippen molar-refractivity contribution < 1.29 is 4.79 Å². The molecule has 2 saturated heterocycles. The number of hydrogen-bond donors (Lipinski definition) is 2. The van der Waals surface area contributed by atoms with Gasteiger partial charge < -0.3 is 15.2 Å². The van der Waals surface area contributed by atoms with Crippen molar-refractivity contribution in [2.45, 2.75) is 50.7 Å². The first-order chi connectivity index (χ1) is 11.5. The third-order valence-electron chi connectivity index (χ3n) is 5.56. The summed E-state index contributed by atoms with van der Waals surface area (Å²) in [5.74, 6) is -0.285. The van der Waals surface area contributed by atoms with E-state index >= 15 is 0 Å². The Morgan fingerprint density at radius 3 is 2.71 bits per heavy atom. The topological polar surface area (TPSA) is 78.1 Å². The van der Waals surface area contributed by atoms with Gasteiger partial charge in [-0.15, -0.1) is 0 Å². The van der Waals surface area contributed by atoms with Crippen molar-refractivity contribution >= 4 is 16.9 Å². The van der Waals surface area contributed by atoms with Crippen LogP contribution in [0.3, 0.4) is 0 Å². The van der Waals surface area contributed by atoms with E-state index in [1.165, 1.54) is 19.0 Å². The van der Waals surface area contributed by atoms with Crippen LogP contribution in [-0.4, -0.2) is 45.9 Å². The van der Waals surface area contributed by atoms with E-state index in [1.807, 2.05) is 6.92 Å². The minimum Gasteiger partial charge on any atom is -0.349 e. The van der Waals surface area contributed by atoms with Crippen molar-refractivity contribution in [2.24, 2.45) is 0 Å². The first-order valence-electron chi connectivity index (χ1n) is 8.55. The lowest BCUT2D eigenvalue weighted by Crippen LogP contribution is -2.49. The molecule has 2 aromatic heterocycles. The zero-order valence-corrected chi connectivity index (χ0v) is 14.0. The number of rotatable bonds is 2. The Kier molecular flexibility index (Phi) is 3.64. The number of piperidine rings is 1. The van der Waals surface area contributed by atoms with E-state index in [4.69, 9.17) is 0 Å². The summed E-state index contributed by atoms with van der Waals surface area (Å²) in [6.45, 7) is 1.87. The van der Waals surface area contributed by atoms with Gasteiger partial charge in [0.15, 0.2) is 0 Å². The number of carbonyl (C=O) groups is 1. The molecule has 6 heteroatoms. The highest BCUT2D eigenvalue weighted by molar-refractivity contribution is 5.96. The van der Waals surface area contributed by atoms with Crippen molar-refractivity contribution in [3.8, 4) is 0 Å². The van der Waals surface area contributed by atoms with Gasteiger partial charge in [0.2, 0.25) is 5.43 Å². The number of hydrogen-bond acceptors (Lipinski definition) is 4. The Balaban J connectivity index is 1.57. The van der Waals surface area contributed by atoms with Crippen LogP contribution in [0.1, 0.15) is 41.7 Å². The maximum absolute atomic E-state index is 12.6. The molecule has 0 aliphatic carbocycles. The van der Waals surface area contributed by atoms with Gasteiger partial charge in [-0.2, -0.15) is 0 Å². The molecular formula is C18H22N4O2. The number of aromatic amines is 1. The first kappa shape index (κ1) is 15.3. The quantitative estimate of drug-likeness (QED) is 0.878. The molecule has 0 radical (unpaired) electrons. The second-order valence-corrected chi connectivity index (χ2v) is 7.07. The molecule has 0 aromatic carbocycles. The van der Waals surface area contributed by atoms with Crippen molar-refractivity contribution in [2.75, 3.05) is 7.05 Å². The summed E-state index contributed by atoms with van der Waals surface area (Å²) < 4.78 is 0. The Hall–Kier alpha value is -2.21. The van der Waals surface area contributed by atoms with E-state index in [0.29, 0.717) is 23.1 Å². The van der Waals surface area contributed by atoms with Gasteiger partial charge in [-0.3, -0.25) is 9.59 Å². The Bertz CT molecular complexity index is 846. The molecule has 2 aliphatic rings. The fraction of sp³-hybridized carbons (Fsp3) is 0.500. The predicted molar refractivity (Wildman–Crippen MR) is 92.2 cm³/mol. The number of nitrogens with zero attached hydrogens (tertiary/aromatic N) is 2. The Morgan fingerprint density at radius 1 is 1.29 bits per heavy atom. The van der Waals surface area contributed by atoms with Gasteiger partial charge in [0.1, 0.15) is 11.2 Å². The standard InChI is InChI=1S/C18H22N4O2/c1-10-3-6-14-16(23)15(9-19-17(14)20-10)18(24)21-11-7-12-4-5-13(8-11)22(12)2/h3,6,9,11-13H,4-5,7-8H2,1-2H3,(H,21,24)(H,19,20,23). The molecule has 6 nitrogen and oxygen atoms in total. The minimum atomic E-state index is -0.285. The van der Waals surface area contributed by atoms with E-state index in [0.717, 1.165) is 18.5 Å². The number of fused-ring (bicyclic) bond motifs is 3. The van der Waals surface area contributed by atoms with Crippen molar-refractivity contribution in [3.63, 3.8) is 0 Å². The fourth-order valence-electron chi connectivity index (χ4n) is 4.16. The molecule has 0 spiro atoms. The maximum atomic E-state index is 12.6. The van der Waals surface area contributed by atoms with Gasteiger partial charge in [-0.05, 0) is 51.8 Å². The van der Waals surface area contributed by atoms with Crippen molar-refractivity contribution in [3.05, 3.63) is 39.8 Å². The van der Waals surface area contributed by atoms with Crippen LogP contribution in [0.15, 0.2) is 23.1 Å². The van der Waals surface area contributed by atoms with E-state index in [2.05, 4.69) is 27.2 Å². The lowest BCUT2D eigenvalue weighted by molar-refractivity contribution is 0.0881. The molecule has 2 aliphatic heterocycles. The van der Waals surface area contributed by atoms with Crippen LogP contribution in [-0.2, 0) is 0 Å². The van der Waals surface area contributed by atoms with Crippen molar-refractivity contribution in [1.82, 2.24) is 20.2 Å². The number of nitrogens with one attached hydrogen (secondary N) is 2.